The van der Waals surface area contributed by atoms with Gasteiger partial charge in [-0.1, -0.05) is 12.1 Å². The minimum atomic E-state index is -4.06. The minimum Gasteiger partial charge on any atom is -0.497 e. The molecule has 3 nitrogen and oxygen atoms in total. The summed E-state index contributed by atoms with van der Waals surface area (Å²) in [5.41, 5.74) is 1.14. The summed E-state index contributed by atoms with van der Waals surface area (Å²) in [6.07, 6.45) is -3.83. The zero-order valence-electron chi connectivity index (χ0n) is 12.7. The summed E-state index contributed by atoms with van der Waals surface area (Å²) in [6, 6.07) is 7.79. The highest BCUT2D eigenvalue weighted by Crippen LogP contribution is 2.22. The van der Waals surface area contributed by atoms with Crippen LogP contribution in [0.5, 0.6) is 5.75 Å². The van der Waals surface area contributed by atoms with Crippen molar-refractivity contribution in [3.05, 3.63) is 29.8 Å². The summed E-state index contributed by atoms with van der Waals surface area (Å²) < 4.78 is 47.4. The smallest absolute Gasteiger partial charge is 0.389 e. The van der Waals surface area contributed by atoms with Crippen molar-refractivity contribution in [2.75, 3.05) is 33.4 Å². The first-order valence-corrected chi connectivity index (χ1v) is 7.50. The second kappa shape index (κ2) is 7.83. The molecule has 1 aromatic carbocycles. The molecule has 124 valence electrons. The molecule has 1 aliphatic heterocycles. The van der Waals surface area contributed by atoms with Crippen LogP contribution in [0.25, 0.3) is 0 Å². The van der Waals surface area contributed by atoms with Crippen LogP contribution in [0.3, 0.4) is 0 Å². The second-order valence-corrected chi connectivity index (χ2v) is 5.56. The SMILES string of the molecule is COc1ccc(CC2CN(CCCC(F)(F)F)CCO2)cc1. The predicted molar refractivity (Wildman–Crippen MR) is 78.2 cm³/mol. The van der Waals surface area contributed by atoms with Gasteiger partial charge in [-0.3, -0.25) is 4.90 Å². The lowest BCUT2D eigenvalue weighted by Crippen LogP contribution is -2.43. The highest BCUT2D eigenvalue weighted by molar-refractivity contribution is 5.27. The van der Waals surface area contributed by atoms with Gasteiger partial charge in [-0.25, -0.2) is 0 Å². The van der Waals surface area contributed by atoms with Gasteiger partial charge in [0.05, 0.1) is 19.8 Å². The lowest BCUT2D eigenvalue weighted by atomic mass is 10.1. The van der Waals surface area contributed by atoms with Gasteiger partial charge >= 0.3 is 6.18 Å². The first kappa shape index (κ1) is 17.1. The zero-order valence-corrected chi connectivity index (χ0v) is 12.7. The number of hydrogen-bond donors (Lipinski definition) is 0. The molecular formula is C16H22F3NO2. The molecule has 0 radical (unpaired) electrons. The topological polar surface area (TPSA) is 21.7 Å². The molecular weight excluding hydrogens is 295 g/mol. The van der Waals surface area contributed by atoms with E-state index in [1.165, 1.54) is 0 Å². The van der Waals surface area contributed by atoms with Crippen LogP contribution in [-0.4, -0.2) is 50.5 Å². The van der Waals surface area contributed by atoms with Gasteiger partial charge in [0.15, 0.2) is 0 Å². The lowest BCUT2D eigenvalue weighted by molar-refractivity contribution is -0.137. The number of methoxy groups -OCH3 is 1. The number of rotatable bonds is 6. The monoisotopic (exact) mass is 317 g/mol. The van der Waals surface area contributed by atoms with E-state index in [0.717, 1.165) is 17.7 Å². The Labute approximate surface area is 129 Å². The van der Waals surface area contributed by atoms with E-state index < -0.39 is 12.6 Å². The number of ether oxygens (including phenoxy) is 2. The van der Waals surface area contributed by atoms with Crippen molar-refractivity contribution in [1.29, 1.82) is 0 Å². The largest absolute Gasteiger partial charge is 0.497 e. The molecule has 1 atom stereocenters. The molecule has 6 heteroatoms. The molecule has 1 fully saturated rings. The first-order chi connectivity index (χ1) is 10.5. The highest BCUT2D eigenvalue weighted by atomic mass is 19.4. The lowest BCUT2D eigenvalue weighted by Gasteiger charge is -2.33. The quantitative estimate of drug-likeness (QED) is 0.804. The fourth-order valence-electron chi connectivity index (χ4n) is 2.63. The summed E-state index contributed by atoms with van der Waals surface area (Å²) in [6.45, 7) is 2.44. The summed E-state index contributed by atoms with van der Waals surface area (Å²) in [5, 5.41) is 0. The van der Waals surface area contributed by atoms with Gasteiger partial charge in [0.25, 0.3) is 0 Å². The third kappa shape index (κ3) is 5.85. The van der Waals surface area contributed by atoms with E-state index in [1.54, 1.807) is 7.11 Å². The van der Waals surface area contributed by atoms with Gasteiger partial charge in [0, 0.05) is 19.5 Å². The van der Waals surface area contributed by atoms with Gasteiger partial charge in [-0.2, -0.15) is 13.2 Å². The Morgan fingerprint density at radius 1 is 1.27 bits per heavy atom. The number of nitrogens with zero attached hydrogens (tertiary/aromatic N) is 1. The molecule has 1 aromatic rings. The maximum atomic E-state index is 12.2. The molecule has 0 amide bonds. The summed E-state index contributed by atoms with van der Waals surface area (Å²) in [7, 11) is 1.62. The summed E-state index contributed by atoms with van der Waals surface area (Å²) in [5.74, 6) is 0.807. The van der Waals surface area contributed by atoms with Crippen LogP contribution in [-0.2, 0) is 11.2 Å². The Hall–Kier alpha value is -1.27. The van der Waals surface area contributed by atoms with Crippen LogP contribution >= 0.6 is 0 Å². The molecule has 1 aliphatic rings. The van der Waals surface area contributed by atoms with Crippen LogP contribution in [0.1, 0.15) is 18.4 Å². The van der Waals surface area contributed by atoms with Crippen molar-refractivity contribution in [2.45, 2.75) is 31.5 Å². The Balaban J connectivity index is 1.77. The van der Waals surface area contributed by atoms with E-state index >= 15 is 0 Å². The number of halogens is 3. The average molecular weight is 317 g/mol. The summed E-state index contributed by atoms with van der Waals surface area (Å²) in [4.78, 5) is 2.06. The standard InChI is InChI=1S/C16H22F3NO2/c1-21-14-5-3-13(4-6-14)11-15-12-20(9-10-22-15)8-2-7-16(17,18)19/h3-6,15H,2,7-12H2,1H3. The van der Waals surface area contributed by atoms with Gasteiger partial charge in [0.1, 0.15) is 5.75 Å². The molecule has 1 unspecified atom stereocenters. The van der Waals surface area contributed by atoms with Gasteiger partial charge in [-0.05, 0) is 37.1 Å². The van der Waals surface area contributed by atoms with Crippen LogP contribution in [0.4, 0.5) is 13.2 Å². The van der Waals surface area contributed by atoms with Crippen molar-refractivity contribution in [1.82, 2.24) is 4.90 Å². The van der Waals surface area contributed by atoms with Crippen LogP contribution in [0.2, 0.25) is 0 Å². The normalized spacial score (nSPS) is 20.1. The Morgan fingerprint density at radius 3 is 2.64 bits per heavy atom. The highest BCUT2D eigenvalue weighted by Gasteiger charge is 2.27. The second-order valence-electron chi connectivity index (χ2n) is 5.56. The molecule has 1 saturated heterocycles. The van der Waals surface area contributed by atoms with E-state index in [4.69, 9.17) is 9.47 Å². The van der Waals surface area contributed by atoms with Crippen molar-refractivity contribution >= 4 is 0 Å². The van der Waals surface area contributed by atoms with E-state index in [0.29, 0.717) is 26.2 Å². The predicted octanol–water partition coefficient (Wildman–Crippen LogP) is 3.28. The third-order valence-electron chi connectivity index (χ3n) is 3.78. The molecule has 2 rings (SSSR count). The minimum absolute atomic E-state index is 0.0352. The summed E-state index contributed by atoms with van der Waals surface area (Å²) >= 11 is 0. The third-order valence-corrected chi connectivity index (χ3v) is 3.78. The van der Waals surface area contributed by atoms with E-state index in [9.17, 15) is 13.2 Å². The van der Waals surface area contributed by atoms with Crippen molar-refractivity contribution in [3.63, 3.8) is 0 Å². The van der Waals surface area contributed by atoms with E-state index in [2.05, 4.69) is 4.90 Å². The molecule has 0 N–H and O–H groups in total. The van der Waals surface area contributed by atoms with E-state index in [1.807, 2.05) is 24.3 Å². The fourth-order valence-corrected chi connectivity index (χ4v) is 2.63. The van der Waals surface area contributed by atoms with Crippen LogP contribution < -0.4 is 4.74 Å². The number of morpholine rings is 1. The Bertz CT molecular complexity index is 448. The maximum absolute atomic E-state index is 12.2. The van der Waals surface area contributed by atoms with Crippen molar-refractivity contribution in [3.8, 4) is 5.75 Å². The Morgan fingerprint density at radius 2 is 2.00 bits per heavy atom. The van der Waals surface area contributed by atoms with Gasteiger partial charge < -0.3 is 9.47 Å². The Kier molecular flexibility index (Phi) is 6.08. The zero-order chi connectivity index (χ0) is 16.0. The molecule has 0 bridgehead atoms. The average Bonchev–Trinajstić information content (AvgIpc) is 2.47. The van der Waals surface area contributed by atoms with Crippen LogP contribution in [0.15, 0.2) is 24.3 Å². The number of alkyl halides is 3. The molecule has 0 aromatic heterocycles. The maximum Gasteiger partial charge on any atom is 0.389 e. The number of hydrogen-bond acceptors (Lipinski definition) is 3. The molecule has 1 heterocycles. The van der Waals surface area contributed by atoms with E-state index in [-0.39, 0.29) is 12.5 Å². The van der Waals surface area contributed by atoms with Crippen molar-refractivity contribution < 1.29 is 22.6 Å². The van der Waals surface area contributed by atoms with Crippen LogP contribution in [0, 0.1) is 0 Å². The molecule has 22 heavy (non-hydrogen) atoms. The van der Waals surface area contributed by atoms with Gasteiger partial charge in [-0.15, -0.1) is 0 Å². The molecule has 0 aliphatic carbocycles. The fraction of sp³-hybridized carbons (Fsp3) is 0.625. The number of benzene rings is 1. The van der Waals surface area contributed by atoms with Crippen molar-refractivity contribution in [2.24, 2.45) is 0 Å². The van der Waals surface area contributed by atoms with Gasteiger partial charge in [0.2, 0.25) is 0 Å². The molecule has 0 saturated carbocycles. The first-order valence-electron chi connectivity index (χ1n) is 7.50. The molecule has 0 spiro atoms.